The highest BCUT2D eigenvalue weighted by Gasteiger charge is 2.02. The normalized spacial score (nSPS) is 10.6. The molecule has 0 N–H and O–H groups in total. The second-order valence-corrected chi connectivity index (χ2v) is 3.13. The maximum absolute atomic E-state index is 11.6. The molecule has 0 bridgehead atoms. The van der Waals surface area contributed by atoms with Crippen molar-refractivity contribution in [2.75, 3.05) is 0 Å². The zero-order chi connectivity index (χ0) is 9.42. The monoisotopic (exact) mass is 174 g/mol. The van der Waals surface area contributed by atoms with Gasteiger partial charge in [0.1, 0.15) is 0 Å². The van der Waals surface area contributed by atoms with E-state index >= 15 is 0 Å². The summed E-state index contributed by atoms with van der Waals surface area (Å²) in [6.07, 6.45) is 1.55. The van der Waals surface area contributed by atoms with Crippen LogP contribution in [-0.2, 0) is 7.05 Å². The average Bonchev–Trinajstić information content (AvgIpc) is 2.12. The van der Waals surface area contributed by atoms with Gasteiger partial charge in [0.2, 0.25) is 0 Å². The molecule has 0 saturated heterocycles. The molecule has 0 aliphatic rings. The Kier molecular flexibility index (Phi) is 1.65. The fraction of sp³-hybridized carbons (Fsp3) is 0.200. The van der Waals surface area contributed by atoms with Crippen LogP contribution in [0.25, 0.3) is 10.9 Å². The van der Waals surface area contributed by atoms with Crippen molar-refractivity contribution in [3.8, 4) is 0 Å². The molecule has 0 radical (unpaired) electrons. The summed E-state index contributed by atoms with van der Waals surface area (Å²) in [5, 5.41) is 0.685. The van der Waals surface area contributed by atoms with E-state index in [9.17, 15) is 4.79 Å². The zero-order valence-electron chi connectivity index (χ0n) is 7.61. The lowest BCUT2D eigenvalue weighted by Gasteiger charge is -2.01. The average molecular weight is 174 g/mol. The summed E-state index contributed by atoms with van der Waals surface area (Å²) in [7, 11) is 1.71. The van der Waals surface area contributed by atoms with Crippen molar-refractivity contribution in [2.45, 2.75) is 6.92 Å². The van der Waals surface area contributed by atoms with Gasteiger partial charge in [-0.15, -0.1) is 0 Å². The first-order chi connectivity index (χ1) is 6.20. The van der Waals surface area contributed by atoms with Gasteiger partial charge in [0.15, 0.2) is 0 Å². The Morgan fingerprint density at radius 3 is 2.92 bits per heavy atom. The molecule has 3 nitrogen and oxygen atoms in total. The first-order valence-corrected chi connectivity index (χ1v) is 4.11. The largest absolute Gasteiger partial charge is 0.302 e. The predicted octanol–water partition coefficient (Wildman–Crippen LogP) is 1.24. The van der Waals surface area contributed by atoms with E-state index in [1.54, 1.807) is 19.4 Å². The Hall–Kier alpha value is -1.64. The lowest BCUT2D eigenvalue weighted by Crippen LogP contribution is -2.17. The fourth-order valence-corrected chi connectivity index (χ4v) is 1.39. The third-order valence-corrected chi connectivity index (χ3v) is 2.15. The summed E-state index contributed by atoms with van der Waals surface area (Å²) in [5.41, 5.74) is 1.84. The summed E-state index contributed by atoms with van der Waals surface area (Å²) in [5.74, 6) is 0. The van der Waals surface area contributed by atoms with E-state index in [0.29, 0.717) is 5.39 Å². The van der Waals surface area contributed by atoms with Gasteiger partial charge < -0.3 is 4.57 Å². The van der Waals surface area contributed by atoms with Crippen LogP contribution >= 0.6 is 0 Å². The van der Waals surface area contributed by atoms with E-state index in [1.165, 1.54) is 4.57 Å². The molecule has 13 heavy (non-hydrogen) atoms. The second-order valence-electron chi connectivity index (χ2n) is 3.13. The number of hydrogen-bond donors (Lipinski definition) is 0. The van der Waals surface area contributed by atoms with Crippen LogP contribution in [0.4, 0.5) is 0 Å². The lowest BCUT2D eigenvalue weighted by molar-refractivity contribution is 0.842. The molecule has 1 heterocycles. The molecular formula is C10H10N2O. The molecule has 0 aliphatic heterocycles. The highest BCUT2D eigenvalue weighted by molar-refractivity contribution is 5.80. The highest BCUT2D eigenvalue weighted by atomic mass is 16.1. The molecular weight excluding hydrogens is 164 g/mol. The van der Waals surface area contributed by atoms with E-state index in [-0.39, 0.29) is 5.56 Å². The van der Waals surface area contributed by atoms with Crippen LogP contribution in [-0.4, -0.2) is 9.55 Å². The van der Waals surface area contributed by atoms with E-state index in [4.69, 9.17) is 0 Å². The Morgan fingerprint density at radius 2 is 2.15 bits per heavy atom. The van der Waals surface area contributed by atoms with Crippen molar-refractivity contribution < 1.29 is 0 Å². The van der Waals surface area contributed by atoms with E-state index in [1.807, 2.05) is 19.1 Å². The Labute approximate surface area is 75.7 Å². The molecule has 0 amide bonds. The molecule has 66 valence electrons. The maximum Gasteiger partial charge on any atom is 0.260 e. The van der Waals surface area contributed by atoms with Gasteiger partial charge in [0.05, 0.1) is 17.2 Å². The van der Waals surface area contributed by atoms with Crippen LogP contribution in [0.15, 0.2) is 29.3 Å². The first kappa shape index (κ1) is 7.98. The van der Waals surface area contributed by atoms with Crippen molar-refractivity contribution in [1.29, 1.82) is 0 Å². The number of benzene rings is 1. The summed E-state index contributed by atoms with van der Waals surface area (Å²) < 4.78 is 1.49. The molecule has 0 aliphatic carbocycles. The van der Waals surface area contributed by atoms with E-state index in [0.717, 1.165) is 11.1 Å². The number of rotatable bonds is 0. The third-order valence-electron chi connectivity index (χ3n) is 2.15. The molecule has 0 spiro atoms. The number of aryl methyl sites for hydroxylation is 2. The van der Waals surface area contributed by atoms with Crippen molar-refractivity contribution in [2.24, 2.45) is 7.05 Å². The van der Waals surface area contributed by atoms with Crippen LogP contribution in [0.2, 0.25) is 0 Å². The molecule has 0 fully saturated rings. The van der Waals surface area contributed by atoms with Gasteiger partial charge in [-0.3, -0.25) is 4.79 Å². The summed E-state index contributed by atoms with van der Waals surface area (Å²) in [4.78, 5) is 15.8. The van der Waals surface area contributed by atoms with Gasteiger partial charge in [0, 0.05) is 7.05 Å². The Balaban J connectivity index is 3.03. The quantitative estimate of drug-likeness (QED) is 0.602. The molecule has 0 saturated carbocycles. The lowest BCUT2D eigenvalue weighted by atomic mass is 10.1. The van der Waals surface area contributed by atoms with Gasteiger partial charge in [0.25, 0.3) is 5.56 Å². The fourth-order valence-electron chi connectivity index (χ4n) is 1.39. The summed E-state index contributed by atoms with van der Waals surface area (Å²) in [6.45, 7) is 1.95. The van der Waals surface area contributed by atoms with Crippen LogP contribution in [0.1, 0.15) is 5.56 Å². The minimum Gasteiger partial charge on any atom is -0.302 e. The minimum atomic E-state index is 0.00806. The maximum atomic E-state index is 11.6. The topological polar surface area (TPSA) is 34.9 Å². The number of para-hydroxylation sites is 1. The van der Waals surface area contributed by atoms with E-state index in [2.05, 4.69) is 4.98 Å². The SMILES string of the molecule is Cc1cccc2c(=O)n(C)cnc12. The smallest absolute Gasteiger partial charge is 0.260 e. The van der Waals surface area contributed by atoms with Crippen molar-refractivity contribution >= 4 is 10.9 Å². The van der Waals surface area contributed by atoms with Gasteiger partial charge in [-0.25, -0.2) is 4.98 Å². The van der Waals surface area contributed by atoms with Gasteiger partial charge in [-0.2, -0.15) is 0 Å². The molecule has 0 unspecified atom stereocenters. The molecule has 3 heteroatoms. The van der Waals surface area contributed by atoms with E-state index < -0.39 is 0 Å². The summed E-state index contributed by atoms with van der Waals surface area (Å²) in [6, 6.07) is 5.63. The molecule has 0 atom stereocenters. The van der Waals surface area contributed by atoms with Gasteiger partial charge in [-0.1, -0.05) is 12.1 Å². The Bertz CT molecular complexity index is 514. The molecule has 2 rings (SSSR count). The summed E-state index contributed by atoms with van der Waals surface area (Å²) >= 11 is 0. The Morgan fingerprint density at radius 1 is 1.38 bits per heavy atom. The molecule has 1 aromatic carbocycles. The predicted molar refractivity (Wildman–Crippen MR) is 51.7 cm³/mol. The van der Waals surface area contributed by atoms with Gasteiger partial charge in [-0.05, 0) is 18.6 Å². The third kappa shape index (κ3) is 1.13. The number of fused-ring (bicyclic) bond motifs is 1. The first-order valence-electron chi connectivity index (χ1n) is 4.11. The van der Waals surface area contributed by atoms with Crippen LogP contribution < -0.4 is 5.56 Å². The zero-order valence-corrected chi connectivity index (χ0v) is 7.61. The van der Waals surface area contributed by atoms with Crippen LogP contribution in [0.5, 0.6) is 0 Å². The van der Waals surface area contributed by atoms with Gasteiger partial charge >= 0.3 is 0 Å². The molecule has 1 aromatic heterocycles. The second kappa shape index (κ2) is 2.69. The minimum absolute atomic E-state index is 0.00806. The number of hydrogen-bond acceptors (Lipinski definition) is 2. The molecule has 2 aromatic rings. The highest BCUT2D eigenvalue weighted by Crippen LogP contribution is 2.10. The van der Waals surface area contributed by atoms with Crippen molar-refractivity contribution in [1.82, 2.24) is 9.55 Å². The van der Waals surface area contributed by atoms with Crippen LogP contribution in [0.3, 0.4) is 0 Å². The number of aromatic nitrogens is 2. The number of nitrogens with zero attached hydrogens (tertiary/aromatic N) is 2. The van der Waals surface area contributed by atoms with Crippen LogP contribution in [0, 0.1) is 6.92 Å². The standard InChI is InChI=1S/C10H10N2O/c1-7-4-3-5-8-9(7)11-6-12(2)10(8)13/h3-6H,1-2H3. The van der Waals surface area contributed by atoms with Crippen molar-refractivity contribution in [3.05, 3.63) is 40.4 Å². The van der Waals surface area contributed by atoms with Crippen molar-refractivity contribution in [3.63, 3.8) is 0 Å².